The molecule has 0 radical (unpaired) electrons. The highest BCUT2D eigenvalue weighted by molar-refractivity contribution is 6.42. The Labute approximate surface area is 128 Å². The van der Waals surface area contributed by atoms with E-state index in [1.807, 2.05) is 36.4 Å². The van der Waals surface area contributed by atoms with Gasteiger partial charge in [-0.25, -0.2) is 0 Å². The van der Waals surface area contributed by atoms with Gasteiger partial charge < -0.3 is 15.8 Å². The molecule has 0 bridgehead atoms. The van der Waals surface area contributed by atoms with E-state index in [4.69, 9.17) is 33.7 Å². The average Bonchev–Trinajstić information content (AvgIpc) is 2.48. The van der Waals surface area contributed by atoms with E-state index in [9.17, 15) is 0 Å². The van der Waals surface area contributed by atoms with E-state index in [0.29, 0.717) is 16.6 Å². The highest BCUT2D eigenvalue weighted by Crippen LogP contribution is 2.30. The molecule has 1 atom stereocenters. The van der Waals surface area contributed by atoms with Crippen LogP contribution in [0.3, 0.4) is 0 Å². The maximum Gasteiger partial charge on any atom is 0.141 e. The topological polar surface area (TPSA) is 47.3 Å². The van der Waals surface area contributed by atoms with Gasteiger partial charge in [-0.3, -0.25) is 0 Å². The van der Waals surface area contributed by atoms with Crippen molar-refractivity contribution in [3.05, 3.63) is 58.1 Å². The summed E-state index contributed by atoms with van der Waals surface area (Å²) < 4.78 is 5.32. The maximum atomic E-state index is 6.05. The number of methoxy groups -OCH3 is 1. The zero-order chi connectivity index (χ0) is 14.5. The zero-order valence-corrected chi connectivity index (χ0v) is 12.6. The van der Waals surface area contributed by atoms with Crippen LogP contribution in [0.1, 0.15) is 11.6 Å². The first kappa shape index (κ1) is 15.0. The SMILES string of the molecule is COc1ccccc1NC(CN)c1ccc(Cl)c(Cl)c1. The predicted octanol–water partition coefficient (Wildman–Crippen LogP) is 4.11. The summed E-state index contributed by atoms with van der Waals surface area (Å²) in [6.45, 7) is 0.427. The lowest BCUT2D eigenvalue weighted by Gasteiger charge is -2.20. The predicted molar refractivity (Wildman–Crippen MR) is 84.9 cm³/mol. The third-order valence-electron chi connectivity index (χ3n) is 3.02. The molecule has 5 heteroatoms. The van der Waals surface area contributed by atoms with E-state index < -0.39 is 0 Å². The first-order chi connectivity index (χ1) is 9.65. The van der Waals surface area contributed by atoms with Crippen LogP contribution in [0.5, 0.6) is 5.75 Å². The van der Waals surface area contributed by atoms with Crippen LogP contribution in [0.25, 0.3) is 0 Å². The quantitative estimate of drug-likeness (QED) is 0.873. The lowest BCUT2D eigenvalue weighted by atomic mass is 10.1. The van der Waals surface area contributed by atoms with Gasteiger partial charge in [-0.15, -0.1) is 0 Å². The number of nitrogens with one attached hydrogen (secondary N) is 1. The molecule has 106 valence electrons. The summed E-state index contributed by atoms with van der Waals surface area (Å²) in [7, 11) is 1.64. The van der Waals surface area contributed by atoms with E-state index in [0.717, 1.165) is 17.0 Å². The fourth-order valence-corrected chi connectivity index (χ4v) is 2.27. The largest absolute Gasteiger partial charge is 0.495 e. The zero-order valence-electron chi connectivity index (χ0n) is 11.1. The van der Waals surface area contributed by atoms with Gasteiger partial charge in [-0.1, -0.05) is 41.4 Å². The van der Waals surface area contributed by atoms with Crippen LogP contribution >= 0.6 is 23.2 Å². The Kier molecular flexibility index (Phi) is 5.12. The molecule has 2 rings (SSSR count). The molecule has 3 nitrogen and oxygen atoms in total. The Morgan fingerprint density at radius 3 is 2.55 bits per heavy atom. The number of ether oxygens (including phenoxy) is 1. The lowest BCUT2D eigenvalue weighted by molar-refractivity contribution is 0.416. The van der Waals surface area contributed by atoms with E-state index >= 15 is 0 Å². The second kappa shape index (κ2) is 6.84. The van der Waals surface area contributed by atoms with Gasteiger partial charge >= 0.3 is 0 Å². The average molecular weight is 311 g/mol. The molecule has 3 N–H and O–H groups in total. The van der Waals surface area contributed by atoms with Crippen molar-refractivity contribution in [3.8, 4) is 5.75 Å². The van der Waals surface area contributed by atoms with Gasteiger partial charge in [0.1, 0.15) is 5.75 Å². The molecular formula is C15H16Cl2N2O. The summed E-state index contributed by atoms with van der Waals surface area (Å²) in [5.41, 5.74) is 7.72. The first-order valence-electron chi connectivity index (χ1n) is 6.20. The molecule has 20 heavy (non-hydrogen) atoms. The van der Waals surface area contributed by atoms with Gasteiger partial charge in [0, 0.05) is 6.54 Å². The fourth-order valence-electron chi connectivity index (χ4n) is 1.96. The van der Waals surface area contributed by atoms with Crippen molar-refractivity contribution >= 4 is 28.9 Å². The van der Waals surface area contributed by atoms with Crippen molar-refractivity contribution in [3.63, 3.8) is 0 Å². The summed E-state index contributed by atoms with van der Waals surface area (Å²) in [6.07, 6.45) is 0. The summed E-state index contributed by atoms with van der Waals surface area (Å²) in [4.78, 5) is 0. The van der Waals surface area contributed by atoms with Crippen LogP contribution in [0.2, 0.25) is 10.0 Å². The standard InChI is InChI=1S/C15H16Cl2N2O/c1-20-15-5-3-2-4-13(15)19-14(9-18)10-6-7-11(16)12(17)8-10/h2-8,14,19H,9,18H2,1H3. The number of hydrogen-bond acceptors (Lipinski definition) is 3. The van der Waals surface area contributed by atoms with Crippen molar-refractivity contribution in [1.82, 2.24) is 0 Å². The Bertz CT molecular complexity index is 590. The summed E-state index contributed by atoms with van der Waals surface area (Å²) in [5, 5.41) is 4.41. The molecule has 2 aromatic rings. The van der Waals surface area contributed by atoms with Gasteiger partial charge in [0.05, 0.1) is 28.9 Å². The van der Waals surface area contributed by atoms with Crippen LogP contribution in [0, 0.1) is 0 Å². The molecule has 0 aliphatic heterocycles. The van der Waals surface area contributed by atoms with Crippen LogP contribution in [-0.2, 0) is 0 Å². The summed E-state index contributed by atoms with van der Waals surface area (Å²) in [6, 6.07) is 13.1. The number of rotatable bonds is 5. The van der Waals surface area contributed by atoms with Crippen molar-refractivity contribution < 1.29 is 4.74 Å². The highest BCUT2D eigenvalue weighted by Gasteiger charge is 2.13. The van der Waals surface area contributed by atoms with Crippen LogP contribution in [0.4, 0.5) is 5.69 Å². The van der Waals surface area contributed by atoms with E-state index in [2.05, 4.69) is 5.32 Å². The Morgan fingerprint density at radius 1 is 1.15 bits per heavy atom. The number of hydrogen-bond donors (Lipinski definition) is 2. The molecule has 0 spiro atoms. The van der Waals surface area contributed by atoms with Gasteiger partial charge in [0.25, 0.3) is 0 Å². The van der Waals surface area contributed by atoms with Crippen LogP contribution in [0.15, 0.2) is 42.5 Å². The summed E-state index contributed by atoms with van der Waals surface area (Å²) in [5.74, 6) is 0.769. The molecule has 0 heterocycles. The molecule has 0 aliphatic rings. The normalized spacial score (nSPS) is 12.0. The van der Waals surface area contributed by atoms with Crippen LogP contribution in [-0.4, -0.2) is 13.7 Å². The Hall–Kier alpha value is -1.42. The van der Waals surface area contributed by atoms with Gasteiger partial charge in [-0.05, 0) is 29.8 Å². The number of nitrogens with two attached hydrogens (primary N) is 1. The van der Waals surface area contributed by atoms with Gasteiger partial charge in [0.2, 0.25) is 0 Å². The monoisotopic (exact) mass is 310 g/mol. The minimum absolute atomic E-state index is 0.0685. The van der Waals surface area contributed by atoms with Crippen molar-refractivity contribution in [1.29, 1.82) is 0 Å². The molecule has 0 amide bonds. The highest BCUT2D eigenvalue weighted by atomic mass is 35.5. The Balaban J connectivity index is 2.26. The number of halogens is 2. The number of benzene rings is 2. The minimum atomic E-state index is -0.0685. The van der Waals surface area contributed by atoms with Crippen molar-refractivity contribution in [2.24, 2.45) is 5.73 Å². The molecule has 0 saturated carbocycles. The molecule has 1 unspecified atom stereocenters. The molecule has 0 fully saturated rings. The van der Waals surface area contributed by atoms with E-state index in [1.54, 1.807) is 13.2 Å². The smallest absolute Gasteiger partial charge is 0.141 e. The van der Waals surface area contributed by atoms with E-state index in [-0.39, 0.29) is 6.04 Å². The first-order valence-corrected chi connectivity index (χ1v) is 6.96. The lowest BCUT2D eigenvalue weighted by Crippen LogP contribution is -2.20. The van der Waals surface area contributed by atoms with Crippen molar-refractivity contribution in [2.75, 3.05) is 19.0 Å². The van der Waals surface area contributed by atoms with Gasteiger partial charge in [-0.2, -0.15) is 0 Å². The number of anilines is 1. The van der Waals surface area contributed by atoms with Crippen molar-refractivity contribution in [2.45, 2.75) is 6.04 Å². The molecular weight excluding hydrogens is 295 g/mol. The number of para-hydroxylation sites is 2. The Morgan fingerprint density at radius 2 is 1.90 bits per heavy atom. The fraction of sp³-hybridized carbons (Fsp3) is 0.200. The second-order valence-electron chi connectivity index (χ2n) is 4.31. The van der Waals surface area contributed by atoms with Gasteiger partial charge in [0.15, 0.2) is 0 Å². The molecule has 0 saturated heterocycles. The van der Waals surface area contributed by atoms with Crippen LogP contribution < -0.4 is 15.8 Å². The molecule has 0 aliphatic carbocycles. The van der Waals surface area contributed by atoms with E-state index in [1.165, 1.54) is 0 Å². The maximum absolute atomic E-state index is 6.05. The minimum Gasteiger partial charge on any atom is -0.495 e. The molecule has 0 aromatic heterocycles. The second-order valence-corrected chi connectivity index (χ2v) is 5.12. The summed E-state index contributed by atoms with van der Waals surface area (Å²) >= 11 is 12.0. The molecule has 2 aromatic carbocycles. The third kappa shape index (κ3) is 3.37. The third-order valence-corrected chi connectivity index (χ3v) is 3.76.